The molecule has 0 aliphatic heterocycles. The fourth-order valence-corrected chi connectivity index (χ4v) is 2.17. The van der Waals surface area contributed by atoms with Crippen molar-refractivity contribution >= 4 is 5.97 Å². The first-order valence-electron chi connectivity index (χ1n) is 6.87. The molecule has 2 heterocycles. The maximum Gasteiger partial charge on any atom is 0.340 e. The largest absolute Gasteiger partial charge is 0.458 e. The van der Waals surface area contributed by atoms with E-state index in [1.54, 1.807) is 6.20 Å². The number of nitrogens with zero attached hydrogens (tertiary/aromatic N) is 2. The van der Waals surface area contributed by atoms with E-state index >= 15 is 0 Å². The van der Waals surface area contributed by atoms with Gasteiger partial charge in [-0.2, -0.15) is 0 Å². The van der Waals surface area contributed by atoms with Gasteiger partial charge in [-0.1, -0.05) is 12.6 Å². The number of aromatic nitrogens is 2. The predicted molar refractivity (Wildman–Crippen MR) is 82.3 cm³/mol. The minimum absolute atomic E-state index is 0.253. The SMILES string of the molecule is C=C(C)COC(=O)c1cc(C)n(Cc2ccccn2)c1C. The van der Waals surface area contributed by atoms with Gasteiger partial charge in [-0.05, 0) is 44.5 Å². The third kappa shape index (κ3) is 3.60. The molecule has 0 saturated carbocycles. The Labute approximate surface area is 125 Å². The van der Waals surface area contributed by atoms with Crippen molar-refractivity contribution in [2.45, 2.75) is 27.3 Å². The van der Waals surface area contributed by atoms with Gasteiger partial charge < -0.3 is 9.30 Å². The van der Waals surface area contributed by atoms with Gasteiger partial charge in [-0.25, -0.2) is 4.79 Å². The van der Waals surface area contributed by atoms with Crippen molar-refractivity contribution in [3.8, 4) is 0 Å². The van der Waals surface area contributed by atoms with Gasteiger partial charge in [-0.15, -0.1) is 0 Å². The van der Waals surface area contributed by atoms with Crippen LogP contribution >= 0.6 is 0 Å². The van der Waals surface area contributed by atoms with Crippen LogP contribution in [0.15, 0.2) is 42.6 Å². The maximum absolute atomic E-state index is 12.1. The average Bonchev–Trinajstić information content (AvgIpc) is 2.74. The molecule has 0 spiro atoms. The zero-order chi connectivity index (χ0) is 15.4. The summed E-state index contributed by atoms with van der Waals surface area (Å²) in [5.41, 5.74) is 4.29. The van der Waals surface area contributed by atoms with Crippen LogP contribution in [0.5, 0.6) is 0 Å². The highest BCUT2D eigenvalue weighted by Gasteiger charge is 2.17. The number of pyridine rings is 1. The van der Waals surface area contributed by atoms with Crippen LogP contribution in [0.2, 0.25) is 0 Å². The van der Waals surface area contributed by atoms with Gasteiger partial charge in [0.1, 0.15) is 6.61 Å². The fraction of sp³-hybridized carbons (Fsp3) is 0.294. The second kappa shape index (κ2) is 6.39. The molecule has 0 amide bonds. The van der Waals surface area contributed by atoms with Crippen LogP contribution < -0.4 is 0 Å². The lowest BCUT2D eigenvalue weighted by atomic mass is 10.2. The molecule has 0 fully saturated rings. The van der Waals surface area contributed by atoms with Gasteiger partial charge in [-0.3, -0.25) is 4.98 Å². The summed E-state index contributed by atoms with van der Waals surface area (Å²) in [6.45, 7) is 10.4. The molecule has 0 bridgehead atoms. The Morgan fingerprint density at radius 1 is 1.38 bits per heavy atom. The lowest BCUT2D eigenvalue weighted by Crippen LogP contribution is -2.10. The Balaban J connectivity index is 2.21. The van der Waals surface area contributed by atoms with E-state index in [9.17, 15) is 4.79 Å². The highest BCUT2D eigenvalue weighted by atomic mass is 16.5. The summed E-state index contributed by atoms with van der Waals surface area (Å²) in [7, 11) is 0. The Morgan fingerprint density at radius 3 is 2.76 bits per heavy atom. The number of hydrogen-bond donors (Lipinski definition) is 0. The van der Waals surface area contributed by atoms with Crippen LogP contribution in [0.1, 0.15) is 34.4 Å². The van der Waals surface area contributed by atoms with Crippen molar-refractivity contribution in [3.05, 3.63) is 65.3 Å². The summed E-state index contributed by atoms with van der Waals surface area (Å²) in [4.78, 5) is 16.4. The van der Waals surface area contributed by atoms with Gasteiger partial charge >= 0.3 is 5.97 Å². The van der Waals surface area contributed by atoms with Crippen LogP contribution in [0, 0.1) is 13.8 Å². The molecule has 2 aromatic rings. The average molecular weight is 284 g/mol. The lowest BCUT2D eigenvalue weighted by Gasteiger charge is -2.09. The quantitative estimate of drug-likeness (QED) is 0.625. The van der Waals surface area contributed by atoms with E-state index in [-0.39, 0.29) is 12.6 Å². The number of carbonyl (C=O) groups excluding carboxylic acids is 1. The molecule has 2 aromatic heterocycles. The Kier molecular flexibility index (Phi) is 4.58. The zero-order valence-electron chi connectivity index (χ0n) is 12.7. The summed E-state index contributed by atoms with van der Waals surface area (Å²) in [6, 6.07) is 7.68. The second-order valence-corrected chi connectivity index (χ2v) is 5.23. The first kappa shape index (κ1) is 15.0. The molecule has 4 heteroatoms. The van der Waals surface area contributed by atoms with E-state index in [2.05, 4.69) is 16.1 Å². The second-order valence-electron chi connectivity index (χ2n) is 5.23. The molecule has 4 nitrogen and oxygen atoms in total. The third-order valence-corrected chi connectivity index (χ3v) is 3.29. The summed E-state index contributed by atoms with van der Waals surface area (Å²) < 4.78 is 7.29. The standard InChI is InChI=1S/C17H20N2O2/c1-12(2)11-21-17(20)16-9-13(3)19(14(16)4)10-15-7-5-6-8-18-15/h5-9H,1,10-11H2,2-4H3. The van der Waals surface area contributed by atoms with E-state index in [4.69, 9.17) is 4.74 Å². The number of hydrogen-bond acceptors (Lipinski definition) is 3. The summed E-state index contributed by atoms with van der Waals surface area (Å²) in [5, 5.41) is 0. The molecule has 2 rings (SSSR count). The van der Waals surface area contributed by atoms with Gasteiger partial charge in [0.2, 0.25) is 0 Å². The number of esters is 1. The molecule has 21 heavy (non-hydrogen) atoms. The predicted octanol–water partition coefficient (Wildman–Crippen LogP) is 3.28. The Morgan fingerprint density at radius 2 is 2.14 bits per heavy atom. The molecule has 0 N–H and O–H groups in total. The number of ether oxygens (including phenoxy) is 1. The van der Waals surface area contributed by atoms with Crippen molar-refractivity contribution in [2.24, 2.45) is 0 Å². The first-order valence-corrected chi connectivity index (χ1v) is 6.87. The van der Waals surface area contributed by atoms with E-state index in [0.717, 1.165) is 22.7 Å². The third-order valence-electron chi connectivity index (χ3n) is 3.29. The van der Waals surface area contributed by atoms with E-state index in [1.165, 1.54) is 0 Å². The van der Waals surface area contributed by atoms with Crippen molar-refractivity contribution in [2.75, 3.05) is 6.61 Å². The number of aryl methyl sites for hydroxylation is 1. The maximum atomic E-state index is 12.1. The topological polar surface area (TPSA) is 44.1 Å². The van der Waals surface area contributed by atoms with E-state index in [1.807, 2.05) is 45.0 Å². The summed E-state index contributed by atoms with van der Waals surface area (Å²) in [6.07, 6.45) is 1.77. The molecule has 0 radical (unpaired) electrons. The van der Waals surface area contributed by atoms with Crippen molar-refractivity contribution in [3.63, 3.8) is 0 Å². The summed E-state index contributed by atoms with van der Waals surface area (Å²) in [5.74, 6) is -0.307. The van der Waals surface area contributed by atoms with Gasteiger partial charge in [0.15, 0.2) is 0 Å². The summed E-state index contributed by atoms with van der Waals surface area (Å²) >= 11 is 0. The van der Waals surface area contributed by atoms with Crippen LogP contribution in [0.25, 0.3) is 0 Å². The molecule has 0 aliphatic rings. The normalized spacial score (nSPS) is 10.4. The Bertz CT molecular complexity index is 657. The van der Waals surface area contributed by atoms with E-state index in [0.29, 0.717) is 12.1 Å². The Hall–Kier alpha value is -2.36. The monoisotopic (exact) mass is 284 g/mol. The molecule has 0 unspecified atom stereocenters. The molecule has 0 aliphatic carbocycles. The smallest absolute Gasteiger partial charge is 0.340 e. The van der Waals surface area contributed by atoms with Crippen molar-refractivity contribution < 1.29 is 9.53 Å². The molecular weight excluding hydrogens is 264 g/mol. The van der Waals surface area contributed by atoms with Crippen LogP contribution in [0.3, 0.4) is 0 Å². The molecular formula is C17H20N2O2. The van der Waals surface area contributed by atoms with Gasteiger partial charge in [0.05, 0.1) is 17.8 Å². The zero-order valence-corrected chi connectivity index (χ0v) is 12.7. The number of carbonyl (C=O) groups is 1. The molecule has 110 valence electrons. The minimum Gasteiger partial charge on any atom is -0.458 e. The van der Waals surface area contributed by atoms with Gasteiger partial charge in [0.25, 0.3) is 0 Å². The van der Waals surface area contributed by atoms with Crippen molar-refractivity contribution in [1.29, 1.82) is 0 Å². The molecule has 0 atom stereocenters. The van der Waals surface area contributed by atoms with Gasteiger partial charge in [0, 0.05) is 17.6 Å². The van der Waals surface area contributed by atoms with Crippen molar-refractivity contribution in [1.82, 2.24) is 9.55 Å². The highest BCUT2D eigenvalue weighted by Crippen LogP contribution is 2.17. The van der Waals surface area contributed by atoms with Crippen LogP contribution in [-0.4, -0.2) is 22.1 Å². The first-order chi connectivity index (χ1) is 9.99. The highest BCUT2D eigenvalue weighted by molar-refractivity contribution is 5.91. The minimum atomic E-state index is -0.307. The number of rotatable bonds is 5. The van der Waals surface area contributed by atoms with Crippen LogP contribution in [-0.2, 0) is 11.3 Å². The fourth-order valence-electron chi connectivity index (χ4n) is 2.17. The molecule has 0 saturated heterocycles. The molecule has 0 aromatic carbocycles. The van der Waals surface area contributed by atoms with Crippen LogP contribution in [0.4, 0.5) is 0 Å². The lowest BCUT2D eigenvalue weighted by molar-refractivity contribution is 0.0539. The van der Waals surface area contributed by atoms with E-state index < -0.39 is 0 Å².